The summed E-state index contributed by atoms with van der Waals surface area (Å²) in [6, 6.07) is 8.17. The van der Waals surface area contributed by atoms with Crippen molar-refractivity contribution in [3.05, 3.63) is 24.3 Å². The number of piperazine rings is 1. The van der Waals surface area contributed by atoms with Crippen molar-refractivity contribution in [1.82, 2.24) is 0 Å². The first-order chi connectivity index (χ1) is 10.2. The number of methoxy groups -OCH3 is 1. The smallest absolute Gasteiger partial charge is 0.120 e. The van der Waals surface area contributed by atoms with Gasteiger partial charge in [-0.05, 0) is 31.4 Å². The fourth-order valence-electron chi connectivity index (χ4n) is 2.78. The van der Waals surface area contributed by atoms with E-state index in [9.17, 15) is 9.90 Å². The van der Waals surface area contributed by atoms with Gasteiger partial charge in [-0.15, -0.1) is 0 Å². The number of nitrogens with zero attached hydrogens (tertiary/aromatic N) is 1. The SMILES string of the molecule is COc1cccc(N2CC[NH+](CCCCC(=O)[O-])CC2)c1. The lowest BCUT2D eigenvalue weighted by Crippen LogP contribution is -3.14. The number of hydrogen-bond donors (Lipinski definition) is 1. The van der Waals surface area contributed by atoms with Crippen LogP contribution in [0.2, 0.25) is 0 Å². The molecular weight excluding hydrogens is 268 g/mol. The van der Waals surface area contributed by atoms with E-state index >= 15 is 0 Å². The van der Waals surface area contributed by atoms with Crippen molar-refractivity contribution in [2.75, 3.05) is 44.7 Å². The zero-order valence-corrected chi connectivity index (χ0v) is 12.6. The molecule has 0 unspecified atom stereocenters. The van der Waals surface area contributed by atoms with Gasteiger partial charge in [0.15, 0.2) is 0 Å². The number of carbonyl (C=O) groups is 1. The van der Waals surface area contributed by atoms with E-state index in [0.717, 1.165) is 51.3 Å². The van der Waals surface area contributed by atoms with Crippen LogP contribution >= 0.6 is 0 Å². The van der Waals surface area contributed by atoms with E-state index in [-0.39, 0.29) is 6.42 Å². The highest BCUT2D eigenvalue weighted by Gasteiger charge is 2.19. The summed E-state index contributed by atoms with van der Waals surface area (Å²) in [5, 5.41) is 10.4. The number of hydrogen-bond acceptors (Lipinski definition) is 4. The number of unbranched alkanes of at least 4 members (excludes halogenated alkanes) is 1. The molecule has 2 rings (SSSR count). The predicted molar refractivity (Wildman–Crippen MR) is 79.6 cm³/mol. The van der Waals surface area contributed by atoms with Gasteiger partial charge in [-0.1, -0.05) is 6.07 Å². The summed E-state index contributed by atoms with van der Waals surface area (Å²) in [5.74, 6) is -0.0441. The summed E-state index contributed by atoms with van der Waals surface area (Å²) >= 11 is 0. The van der Waals surface area contributed by atoms with Crippen LogP contribution < -0.4 is 19.6 Å². The van der Waals surface area contributed by atoms with E-state index in [4.69, 9.17) is 4.74 Å². The quantitative estimate of drug-likeness (QED) is 0.677. The average molecular weight is 292 g/mol. The number of carboxylic acids is 1. The van der Waals surface area contributed by atoms with Gasteiger partial charge in [0.1, 0.15) is 5.75 Å². The van der Waals surface area contributed by atoms with Crippen LogP contribution in [0.25, 0.3) is 0 Å². The molecule has 0 bridgehead atoms. The van der Waals surface area contributed by atoms with E-state index < -0.39 is 5.97 Å². The van der Waals surface area contributed by atoms with Gasteiger partial charge in [0.05, 0.1) is 39.8 Å². The molecule has 0 aliphatic carbocycles. The summed E-state index contributed by atoms with van der Waals surface area (Å²) < 4.78 is 5.27. The number of anilines is 1. The molecule has 0 atom stereocenters. The van der Waals surface area contributed by atoms with Gasteiger partial charge in [-0.3, -0.25) is 0 Å². The molecule has 1 aliphatic rings. The van der Waals surface area contributed by atoms with Crippen molar-refractivity contribution in [3.8, 4) is 5.75 Å². The highest BCUT2D eigenvalue weighted by atomic mass is 16.5. The number of aliphatic carboxylic acids is 1. The Hall–Kier alpha value is -1.75. The summed E-state index contributed by atoms with van der Waals surface area (Å²) in [5.41, 5.74) is 1.21. The summed E-state index contributed by atoms with van der Waals surface area (Å²) in [7, 11) is 1.69. The first-order valence-electron chi connectivity index (χ1n) is 7.61. The normalized spacial score (nSPS) is 16.0. The molecule has 116 valence electrons. The van der Waals surface area contributed by atoms with E-state index in [1.165, 1.54) is 5.69 Å². The van der Waals surface area contributed by atoms with E-state index in [2.05, 4.69) is 17.0 Å². The number of carbonyl (C=O) groups excluding carboxylic acids is 1. The van der Waals surface area contributed by atoms with Crippen LogP contribution in [0.5, 0.6) is 5.75 Å². The molecule has 0 amide bonds. The molecule has 1 aliphatic heterocycles. The first kappa shape index (κ1) is 15.6. The highest BCUT2D eigenvalue weighted by molar-refractivity contribution is 5.64. The Kier molecular flexibility index (Phi) is 5.87. The van der Waals surface area contributed by atoms with E-state index in [0.29, 0.717) is 0 Å². The lowest BCUT2D eigenvalue weighted by Gasteiger charge is -2.33. The van der Waals surface area contributed by atoms with Crippen molar-refractivity contribution in [2.24, 2.45) is 0 Å². The maximum atomic E-state index is 10.4. The van der Waals surface area contributed by atoms with Gasteiger partial charge >= 0.3 is 0 Å². The third-order valence-electron chi connectivity index (χ3n) is 4.05. The average Bonchev–Trinajstić information content (AvgIpc) is 2.52. The van der Waals surface area contributed by atoms with Crippen LogP contribution in [-0.4, -0.2) is 45.8 Å². The Balaban J connectivity index is 1.73. The van der Waals surface area contributed by atoms with Gasteiger partial charge in [-0.25, -0.2) is 0 Å². The number of benzene rings is 1. The minimum atomic E-state index is -0.937. The molecule has 1 saturated heterocycles. The maximum absolute atomic E-state index is 10.4. The van der Waals surface area contributed by atoms with Crippen LogP contribution in [0, 0.1) is 0 Å². The van der Waals surface area contributed by atoms with E-state index in [1.807, 2.05) is 12.1 Å². The Morgan fingerprint density at radius 2 is 2.10 bits per heavy atom. The van der Waals surface area contributed by atoms with Crippen LogP contribution in [0.15, 0.2) is 24.3 Å². The highest BCUT2D eigenvalue weighted by Crippen LogP contribution is 2.20. The lowest BCUT2D eigenvalue weighted by molar-refractivity contribution is -0.900. The molecule has 1 aromatic rings. The standard InChI is InChI=1S/C16H24N2O3/c1-21-15-6-4-5-14(13-15)18-11-9-17(10-12-18)8-3-2-7-16(19)20/h4-6,13H,2-3,7-12H2,1H3,(H,19,20). The topological polar surface area (TPSA) is 57.0 Å². The fourth-order valence-corrected chi connectivity index (χ4v) is 2.78. The van der Waals surface area contributed by atoms with Crippen molar-refractivity contribution in [2.45, 2.75) is 19.3 Å². The lowest BCUT2D eigenvalue weighted by atomic mass is 10.2. The second kappa shape index (κ2) is 7.88. The zero-order valence-electron chi connectivity index (χ0n) is 12.6. The van der Waals surface area contributed by atoms with Gasteiger partial charge in [0.2, 0.25) is 0 Å². The minimum Gasteiger partial charge on any atom is -0.550 e. The molecular formula is C16H24N2O3. The van der Waals surface area contributed by atoms with Crippen LogP contribution in [-0.2, 0) is 4.79 Å². The third-order valence-corrected chi connectivity index (χ3v) is 4.05. The molecule has 1 heterocycles. The fraction of sp³-hybridized carbons (Fsp3) is 0.562. The zero-order chi connectivity index (χ0) is 15.1. The minimum absolute atomic E-state index is 0.184. The van der Waals surface area contributed by atoms with Crippen LogP contribution in [0.4, 0.5) is 5.69 Å². The van der Waals surface area contributed by atoms with Crippen molar-refractivity contribution in [1.29, 1.82) is 0 Å². The Labute approximate surface area is 126 Å². The summed E-state index contributed by atoms with van der Waals surface area (Å²) in [6.07, 6.45) is 1.87. The second-order valence-corrected chi connectivity index (χ2v) is 5.52. The van der Waals surface area contributed by atoms with Crippen LogP contribution in [0.1, 0.15) is 19.3 Å². The molecule has 5 nitrogen and oxygen atoms in total. The van der Waals surface area contributed by atoms with Crippen molar-refractivity contribution in [3.63, 3.8) is 0 Å². The Morgan fingerprint density at radius 3 is 2.76 bits per heavy atom. The Morgan fingerprint density at radius 1 is 1.33 bits per heavy atom. The molecule has 1 N–H and O–H groups in total. The molecule has 0 spiro atoms. The largest absolute Gasteiger partial charge is 0.550 e. The maximum Gasteiger partial charge on any atom is 0.120 e. The summed E-state index contributed by atoms with van der Waals surface area (Å²) in [4.78, 5) is 14.3. The van der Waals surface area contributed by atoms with Crippen LogP contribution in [0.3, 0.4) is 0 Å². The van der Waals surface area contributed by atoms with Gasteiger partial charge in [-0.2, -0.15) is 0 Å². The Bertz CT molecular complexity index is 457. The molecule has 1 fully saturated rings. The molecule has 0 aromatic heterocycles. The molecule has 1 aromatic carbocycles. The van der Waals surface area contributed by atoms with Crippen molar-refractivity contribution >= 4 is 11.7 Å². The second-order valence-electron chi connectivity index (χ2n) is 5.52. The van der Waals surface area contributed by atoms with Gasteiger partial charge in [0, 0.05) is 17.7 Å². The first-order valence-corrected chi connectivity index (χ1v) is 7.61. The molecule has 0 radical (unpaired) electrons. The van der Waals surface area contributed by atoms with Crippen molar-refractivity contribution < 1.29 is 19.5 Å². The number of ether oxygens (including phenoxy) is 1. The number of nitrogens with one attached hydrogen (secondary N) is 1. The number of carboxylic acid groups (broad SMARTS) is 1. The monoisotopic (exact) mass is 292 g/mol. The molecule has 5 heteroatoms. The molecule has 21 heavy (non-hydrogen) atoms. The summed E-state index contributed by atoms with van der Waals surface area (Å²) in [6.45, 7) is 5.32. The van der Waals surface area contributed by atoms with E-state index in [1.54, 1.807) is 12.0 Å². The van der Waals surface area contributed by atoms with Gasteiger partial charge in [0.25, 0.3) is 0 Å². The number of quaternary nitrogens is 1. The number of rotatable bonds is 7. The van der Waals surface area contributed by atoms with Gasteiger partial charge < -0.3 is 24.4 Å². The predicted octanol–water partition coefficient (Wildman–Crippen LogP) is -0.680. The molecule has 0 saturated carbocycles. The third kappa shape index (κ3) is 4.93.